The van der Waals surface area contributed by atoms with Gasteiger partial charge in [0.25, 0.3) is 5.91 Å². The molecule has 0 saturated heterocycles. The molecule has 3 N–H and O–H groups in total. The largest absolute Gasteiger partial charge is 0.433 e. The van der Waals surface area contributed by atoms with Crippen molar-refractivity contribution in [2.24, 2.45) is 5.73 Å². The number of fused-ring (bicyclic) bond motifs is 1. The van der Waals surface area contributed by atoms with Gasteiger partial charge in [-0.2, -0.15) is 0 Å². The van der Waals surface area contributed by atoms with Crippen LogP contribution in [0.25, 0.3) is 6.08 Å². The number of nitrogens with two attached hydrogens (primary N) is 1. The van der Waals surface area contributed by atoms with Crippen molar-refractivity contribution in [3.05, 3.63) is 50.1 Å². The highest BCUT2D eigenvalue weighted by molar-refractivity contribution is 7.17. The summed E-state index contributed by atoms with van der Waals surface area (Å²) in [5.74, 6) is -1.25. The Morgan fingerprint density at radius 3 is 2.76 bits per heavy atom. The second-order valence-electron chi connectivity index (χ2n) is 5.53. The molecule has 0 atom stereocenters. The van der Waals surface area contributed by atoms with Crippen molar-refractivity contribution in [1.82, 2.24) is 0 Å². The Morgan fingerprint density at radius 1 is 1.32 bits per heavy atom. The van der Waals surface area contributed by atoms with Crippen molar-refractivity contribution in [2.75, 3.05) is 5.32 Å². The van der Waals surface area contributed by atoms with E-state index < -0.39 is 22.6 Å². The van der Waals surface area contributed by atoms with Gasteiger partial charge >= 0.3 is 5.88 Å². The van der Waals surface area contributed by atoms with Gasteiger partial charge in [-0.25, -0.2) is 0 Å². The maximum atomic E-state index is 12.1. The first-order valence-corrected chi connectivity index (χ1v) is 8.45. The van der Waals surface area contributed by atoms with Crippen LogP contribution in [0.2, 0.25) is 0 Å². The molecule has 130 valence electrons. The zero-order chi connectivity index (χ0) is 18.0. The molecule has 0 saturated carbocycles. The standard InChI is InChI=1S/C16H15N3O5S/c17-15(21)14-10-3-1-2-4-11(10)25-16(14)18-12(20)7-5-9-6-8-13(24-9)19(22)23/h5-8H,1-4H2,(H2,17,21)(H,18,20). The number of primary amides is 1. The molecule has 0 radical (unpaired) electrons. The van der Waals surface area contributed by atoms with Crippen LogP contribution in [0.5, 0.6) is 0 Å². The van der Waals surface area contributed by atoms with E-state index in [1.165, 1.54) is 35.6 Å². The smallest absolute Gasteiger partial charge is 0.401 e. The highest BCUT2D eigenvalue weighted by Gasteiger charge is 2.24. The minimum absolute atomic E-state index is 0.183. The zero-order valence-corrected chi connectivity index (χ0v) is 13.9. The fourth-order valence-electron chi connectivity index (χ4n) is 2.76. The van der Waals surface area contributed by atoms with E-state index in [9.17, 15) is 19.7 Å². The topological polar surface area (TPSA) is 128 Å². The van der Waals surface area contributed by atoms with Gasteiger partial charge in [-0.15, -0.1) is 11.3 Å². The average molecular weight is 361 g/mol. The summed E-state index contributed by atoms with van der Waals surface area (Å²) in [5.41, 5.74) is 6.79. The van der Waals surface area contributed by atoms with Crippen LogP contribution in [0.3, 0.4) is 0 Å². The third kappa shape index (κ3) is 3.61. The maximum absolute atomic E-state index is 12.1. The van der Waals surface area contributed by atoms with E-state index in [1.807, 2.05) is 0 Å². The molecule has 1 aliphatic rings. The van der Waals surface area contributed by atoms with Gasteiger partial charge in [0.15, 0.2) is 0 Å². The number of carbonyl (C=O) groups is 2. The molecule has 2 amide bonds. The van der Waals surface area contributed by atoms with Crippen molar-refractivity contribution >= 4 is 40.1 Å². The molecule has 0 unspecified atom stereocenters. The molecular weight excluding hydrogens is 346 g/mol. The van der Waals surface area contributed by atoms with Gasteiger partial charge in [-0.05, 0) is 43.4 Å². The second-order valence-corrected chi connectivity index (χ2v) is 6.64. The first-order chi connectivity index (χ1) is 12.0. The number of hydrogen-bond acceptors (Lipinski definition) is 6. The summed E-state index contributed by atoms with van der Waals surface area (Å²) in [7, 11) is 0. The molecule has 2 aromatic rings. The predicted octanol–water partition coefficient (Wildman–Crippen LogP) is 2.88. The lowest BCUT2D eigenvalue weighted by Gasteiger charge is -2.11. The van der Waals surface area contributed by atoms with E-state index in [-0.39, 0.29) is 5.76 Å². The maximum Gasteiger partial charge on any atom is 0.433 e. The Balaban J connectivity index is 1.76. The van der Waals surface area contributed by atoms with Crippen molar-refractivity contribution in [3.63, 3.8) is 0 Å². The summed E-state index contributed by atoms with van der Waals surface area (Å²) in [5, 5.41) is 13.7. The zero-order valence-electron chi connectivity index (χ0n) is 13.1. The van der Waals surface area contributed by atoms with Gasteiger partial charge in [0.2, 0.25) is 5.91 Å². The lowest BCUT2D eigenvalue weighted by atomic mass is 9.95. The van der Waals surface area contributed by atoms with E-state index >= 15 is 0 Å². The number of nitrogens with zero attached hydrogens (tertiary/aromatic N) is 1. The minimum Gasteiger partial charge on any atom is -0.401 e. The molecule has 0 aromatic carbocycles. The Hall–Kier alpha value is -2.94. The number of nitro groups is 1. The summed E-state index contributed by atoms with van der Waals surface area (Å²) in [4.78, 5) is 34.8. The van der Waals surface area contributed by atoms with E-state index in [0.717, 1.165) is 36.1 Å². The Morgan fingerprint density at radius 2 is 2.08 bits per heavy atom. The minimum atomic E-state index is -0.660. The normalized spacial score (nSPS) is 13.6. The second kappa shape index (κ2) is 6.89. The monoisotopic (exact) mass is 361 g/mol. The number of hydrogen-bond donors (Lipinski definition) is 2. The predicted molar refractivity (Wildman–Crippen MR) is 92.5 cm³/mol. The lowest BCUT2D eigenvalue weighted by Crippen LogP contribution is -2.17. The Bertz CT molecular complexity index is 880. The SMILES string of the molecule is NC(=O)c1c(NC(=O)C=Cc2ccc([N+](=O)[O-])o2)sc2c1CCCC2. The third-order valence-electron chi connectivity index (χ3n) is 3.85. The van der Waals surface area contributed by atoms with Gasteiger partial charge < -0.3 is 15.5 Å². The summed E-state index contributed by atoms with van der Waals surface area (Å²) >= 11 is 1.37. The molecular formula is C16H15N3O5S. The van der Waals surface area contributed by atoms with Crippen molar-refractivity contribution in [1.29, 1.82) is 0 Å². The van der Waals surface area contributed by atoms with Crippen LogP contribution in [0.4, 0.5) is 10.9 Å². The van der Waals surface area contributed by atoms with Crippen LogP contribution in [0.15, 0.2) is 22.6 Å². The van der Waals surface area contributed by atoms with Gasteiger partial charge in [0.05, 0.1) is 11.6 Å². The first-order valence-electron chi connectivity index (χ1n) is 7.63. The number of rotatable bonds is 5. The number of thiophene rings is 1. The van der Waals surface area contributed by atoms with Crippen LogP contribution in [0.1, 0.15) is 39.4 Å². The van der Waals surface area contributed by atoms with Crippen molar-refractivity contribution in [2.45, 2.75) is 25.7 Å². The molecule has 2 aromatic heterocycles. The summed E-state index contributed by atoms with van der Waals surface area (Å²) in [6.07, 6.45) is 6.21. The third-order valence-corrected chi connectivity index (χ3v) is 5.05. The van der Waals surface area contributed by atoms with Gasteiger partial charge in [-0.3, -0.25) is 19.7 Å². The molecule has 25 heavy (non-hydrogen) atoms. The summed E-state index contributed by atoms with van der Waals surface area (Å²) in [6, 6.07) is 2.59. The van der Waals surface area contributed by atoms with E-state index in [2.05, 4.69) is 5.32 Å². The summed E-state index contributed by atoms with van der Waals surface area (Å²) < 4.78 is 4.94. The number of furan rings is 1. The molecule has 0 bridgehead atoms. The van der Waals surface area contributed by atoms with Crippen LogP contribution < -0.4 is 11.1 Å². The molecule has 0 fully saturated rings. The number of carbonyl (C=O) groups excluding carboxylic acids is 2. The van der Waals surface area contributed by atoms with Gasteiger partial charge in [0.1, 0.15) is 15.7 Å². The fraction of sp³-hybridized carbons (Fsp3) is 0.250. The molecule has 0 aliphatic heterocycles. The van der Waals surface area contributed by atoms with E-state index in [0.29, 0.717) is 10.6 Å². The highest BCUT2D eigenvalue weighted by Crippen LogP contribution is 2.37. The van der Waals surface area contributed by atoms with E-state index in [4.69, 9.17) is 10.2 Å². The molecule has 0 spiro atoms. The van der Waals surface area contributed by atoms with Gasteiger partial charge in [0, 0.05) is 11.0 Å². The molecule has 8 nitrogen and oxygen atoms in total. The molecule has 3 rings (SSSR count). The number of aryl methyl sites for hydroxylation is 1. The first kappa shape index (κ1) is 16.9. The molecule has 1 aliphatic carbocycles. The average Bonchev–Trinajstić information content (AvgIpc) is 3.17. The molecule has 2 heterocycles. The highest BCUT2D eigenvalue weighted by atomic mass is 32.1. The number of nitrogens with one attached hydrogen (secondary N) is 1. The van der Waals surface area contributed by atoms with Crippen molar-refractivity contribution in [3.8, 4) is 0 Å². The molecule has 9 heteroatoms. The number of amides is 2. The quantitative estimate of drug-likeness (QED) is 0.481. The lowest BCUT2D eigenvalue weighted by molar-refractivity contribution is -0.402. The van der Waals surface area contributed by atoms with E-state index in [1.54, 1.807) is 0 Å². The summed E-state index contributed by atoms with van der Waals surface area (Å²) in [6.45, 7) is 0. The van der Waals surface area contributed by atoms with Crippen LogP contribution in [0, 0.1) is 10.1 Å². The Labute approximate surface area is 146 Å². The Kier molecular flexibility index (Phi) is 4.66. The van der Waals surface area contributed by atoms with Gasteiger partial charge in [-0.1, -0.05) is 0 Å². The van der Waals surface area contributed by atoms with Crippen molar-refractivity contribution < 1.29 is 18.9 Å². The van der Waals surface area contributed by atoms with Crippen LogP contribution >= 0.6 is 11.3 Å². The number of anilines is 1. The van der Waals surface area contributed by atoms with Crippen LogP contribution in [-0.4, -0.2) is 16.7 Å². The fourth-order valence-corrected chi connectivity index (χ4v) is 4.05. The van der Waals surface area contributed by atoms with Crippen LogP contribution in [-0.2, 0) is 17.6 Å².